The third-order valence-electron chi connectivity index (χ3n) is 3.76. The average Bonchev–Trinajstić information content (AvgIpc) is 2.67. The molecule has 0 heterocycles. The molecule has 0 amide bonds. The summed E-state index contributed by atoms with van der Waals surface area (Å²) in [7, 11) is 0. The number of benzene rings is 2. The Hall–Kier alpha value is -2.21. The van der Waals surface area contributed by atoms with Gasteiger partial charge in [-0.2, -0.15) is 4.89 Å². The van der Waals surface area contributed by atoms with Crippen molar-refractivity contribution in [2.45, 2.75) is 38.7 Å². The third-order valence-corrected chi connectivity index (χ3v) is 3.76. The molecule has 2 aromatic carbocycles. The Morgan fingerprint density at radius 2 is 1.72 bits per heavy atom. The summed E-state index contributed by atoms with van der Waals surface area (Å²) in [6.45, 7) is 2.62. The van der Waals surface area contributed by atoms with Crippen LogP contribution in [0.5, 0.6) is 5.75 Å². The van der Waals surface area contributed by atoms with Crippen LogP contribution in [0.25, 0.3) is 0 Å². The summed E-state index contributed by atoms with van der Waals surface area (Å²) < 4.78 is 0. The second kappa shape index (κ2) is 10.6. The van der Waals surface area contributed by atoms with E-state index in [1.165, 1.54) is 12.8 Å². The lowest BCUT2D eigenvalue weighted by Gasteiger charge is -2.10. The fourth-order valence-corrected chi connectivity index (χ4v) is 2.30. The van der Waals surface area contributed by atoms with Crippen LogP contribution in [0.15, 0.2) is 54.6 Å². The predicted molar refractivity (Wildman–Crippen MR) is 94.0 cm³/mol. The van der Waals surface area contributed by atoms with Gasteiger partial charge in [0.25, 0.3) is 0 Å². The molecular weight excluding hydrogens is 320 g/mol. The van der Waals surface area contributed by atoms with E-state index in [9.17, 15) is 9.90 Å². The van der Waals surface area contributed by atoms with Gasteiger partial charge in [-0.15, -0.1) is 0 Å². The highest BCUT2D eigenvalue weighted by Gasteiger charge is 2.18. The first-order valence-electron chi connectivity index (χ1n) is 8.55. The van der Waals surface area contributed by atoms with E-state index in [1.807, 2.05) is 6.07 Å². The summed E-state index contributed by atoms with van der Waals surface area (Å²) in [5, 5.41) is 14.8. The van der Waals surface area contributed by atoms with Crippen molar-refractivity contribution in [1.29, 1.82) is 0 Å². The molecule has 2 rings (SSSR count). The molecule has 0 radical (unpaired) electrons. The fourth-order valence-electron chi connectivity index (χ4n) is 2.30. The van der Waals surface area contributed by atoms with Crippen LogP contribution in [0.3, 0.4) is 0 Å². The molecule has 0 aliphatic rings. The van der Waals surface area contributed by atoms with E-state index in [-0.39, 0.29) is 5.78 Å². The van der Waals surface area contributed by atoms with Crippen LogP contribution in [-0.4, -0.2) is 17.5 Å². The number of hydrogen-bond donors (Lipinski definition) is 1. The SMILES string of the molecule is CCCCCCOOOc1ccc(C(=O)C(O)c2ccccc2)cc1. The second-order valence-corrected chi connectivity index (χ2v) is 5.74. The average molecular weight is 344 g/mol. The first kappa shape index (κ1) is 19.1. The van der Waals surface area contributed by atoms with Crippen molar-refractivity contribution in [3.8, 4) is 5.75 Å². The molecule has 0 aliphatic heterocycles. The molecule has 134 valence electrons. The molecule has 1 unspecified atom stereocenters. The van der Waals surface area contributed by atoms with Crippen LogP contribution in [-0.2, 0) is 9.93 Å². The van der Waals surface area contributed by atoms with Gasteiger partial charge in [0.2, 0.25) is 0 Å². The van der Waals surface area contributed by atoms with Crippen molar-refractivity contribution in [3.63, 3.8) is 0 Å². The Morgan fingerprint density at radius 3 is 2.40 bits per heavy atom. The minimum atomic E-state index is -1.18. The smallest absolute Gasteiger partial charge is 0.195 e. The standard InChI is InChI=1S/C20H24O5/c1-2-3-4-8-15-23-25-24-18-13-11-17(12-14-18)20(22)19(21)16-9-6-5-7-10-16/h5-7,9-14,19,21H,2-4,8,15H2,1H3. The molecule has 1 atom stereocenters. The van der Waals surface area contributed by atoms with Gasteiger partial charge in [-0.1, -0.05) is 56.5 Å². The Labute approximate surface area is 148 Å². The number of carbonyl (C=O) groups excluding carboxylic acids is 1. The van der Waals surface area contributed by atoms with Crippen molar-refractivity contribution < 1.29 is 24.7 Å². The lowest BCUT2D eigenvalue weighted by Crippen LogP contribution is -2.12. The van der Waals surface area contributed by atoms with Crippen molar-refractivity contribution in [3.05, 3.63) is 65.7 Å². The van der Waals surface area contributed by atoms with E-state index >= 15 is 0 Å². The Kier molecular flexibility index (Phi) is 8.12. The Balaban J connectivity index is 1.78. The Morgan fingerprint density at radius 1 is 1.00 bits per heavy atom. The van der Waals surface area contributed by atoms with Gasteiger partial charge in [-0.3, -0.25) is 4.79 Å². The van der Waals surface area contributed by atoms with Crippen LogP contribution in [0, 0.1) is 0 Å². The molecule has 0 bridgehead atoms. The van der Waals surface area contributed by atoms with Gasteiger partial charge >= 0.3 is 0 Å². The van der Waals surface area contributed by atoms with E-state index in [2.05, 4.69) is 12.0 Å². The second-order valence-electron chi connectivity index (χ2n) is 5.74. The molecule has 0 fully saturated rings. The summed E-state index contributed by atoms with van der Waals surface area (Å²) in [5.74, 6) is 0.0464. The van der Waals surface area contributed by atoms with E-state index < -0.39 is 6.10 Å². The first-order chi connectivity index (χ1) is 12.2. The summed E-state index contributed by atoms with van der Waals surface area (Å²) in [6, 6.07) is 15.2. The minimum absolute atomic E-state index is 0.370. The summed E-state index contributed by atoms with van der Waals surface area (Å²) >= 11 is 0. The van der Waals surface area contributed by atoms with E-state index in [0.717, 1.165) is 12.8 Å². The molecule has 2 aromatic rings. The molecule has 0 spiro atoms. The number of unbranched alkanes of at least 4 members (excludes halogenated alkanes) is 3. The third kappa shape index (κ3) is 6.31. The van der Waals surface area contributed by atoms with Gasteiger partial charge in [0, 0.05) is 5.56 Å². The monoisotopic (exact) mass is 344 g/mol. The summed E-state index contributed by atoms with van der Waals surface area (Å²) in [4.78, 5) is 22.2. The molecule has 0 aromatic heterocycles. The van der Waals surface area contributed by atoms with Crippen LogP contribution in [0.2, 0.25) is 0 Å². The lowest BCUT2D eigenvalue weighted by atomic mass is 10.00. The van der Waals surface area contributed by atoms with E-state index in [4.69, 9.17) is 9.78 Å². The number of carbonyl (C=O) groups is 1. The molecule has 0 saturated heterocycles. The van der Waals surface area contributed by atoms with Crippen molar-refractivity contribution in [2.24, 2.45) is 0 Å². The quantitative estimate of drug-likeness (QED) is 0.283. The summed E-state index contributed by atoms with van der Waals surface area (Å²) in [6.07, 6.45) is 3.17. The molecule has 5 nitrogen and oxygen atoms in total. The maximum Gasteiger partial charge on any atom is 0.195 e. The number of aliphatic hydroxyl groups is 1. The number of aliphatic hydroxyl groups excluding tert-OH is 1. The van der Waals surface area contributed by atoms with Crippen LogP contribution in [0.4, 0.5) is 0 Å². The number of hydrogen-bond acceptors (Lipinski definition) is 5. The first-order valence-corrected chi connectivity index (χ1v) is 8.55. The van der Waals surface area contributed by atoms with E-state index in [0.29, 0.717) is 23.5 Å². The number of ketones is 1. The van der Waals surface area contributed by atoms with Gasteiger partial charge in [0.05, 0.1) is 6.61 Å². The number of rotatable bonds is 11. The van der Waals surface area contributed by atoms with Crippen molar-refractivity contribution >= 4 is 5.78 Å². The van der Waals surface area contributed by atoms with E-state index in [1.54, 1.807) is 48.5 Å². The van der Waals surface area contributed by atoms with Crippen LogP contribution < -0.4 is 4.89 Å². The molecule has 0 aliphatic carbocycles. The van der Waals surface area contributed by atoms with Crippen LogP contribution >= 0.6 is 0 Å². The fraction of sp³-hybridized carbons (Fsp3) is 0.350. The summed E-state index contributed by atoms with van der Waals surface area (Å²) in [5.41, 5.74) is 0.955. The van der Waals surface area contributed by atoms with Gasteiger partial charge in [-0.05, 0) is 41.3 Å². The minimum Gasteiger partial charge on any atom is -0.380 e. The topological polar surface area (TPSA) is 65.0 Å². The maximum atomic E-state index is 12.3. The highest BCUT2D eigenvalue weighted by Crippen LogP contribution is 2.20. The number of Topliss-reactive ketones (excluding diaryl/α,β-unsaturated/α-hetero) is 1. The molecular formula is C20H24O5. The van der Waals surface area contributed by atoms with Gasteiger partial charge in [-0.25, -0.2) is 0 Å². The zero-order valence-corrected chi connectivity index (χ0v) is 14.4. The highest BCUT2D eigenvalue weighted by atomic mass is 17.5. The molecule has 0 saturated carbocycles. The van der Waals surface area contributed by atoms with Gasteiger partial charge in [0.15, 0.2) is 11.5 Å². The molecule has 5 heteroatoms. The van der Waals surface area contributed by atoms with Crippen molar-refractivity contribution in [2.75, 3.05) is 6.61 Å². The predicted octanol–water partition coefficient (Wildman–Crippen LogP) is 4.43. The van der Waals surface area contributed by atoms with Crippen LogP contribution in [0.1, 0.15) is 54.6 Å². The normalized spacial score (nSPS) is 11.9. The zero-order valence-electron chi connectivity index (χ0n) is 14.4. The molecule has 25 heavy (non-hydrogen) atoms. The van der Waals surface area contributed by atoms with Crippen molar-refractivity contribution in [1.82, 2.24) is 0 Å². The molecule has 1 N–H and O–H groups in total. The largest absolute Gasteiger partial charge is 0.380 e. The van der Waals surface area contributed by atoms with Gasteiger partial charge in [0.1, 0.15) is 6.10 Å². The maximum absolute atomic E-state index is 12.3. The zero-order chi connectivity index (χ0) is 17.9. The van der Waals surface area contributed by atoms with Gasteiger partial charge < -0.3 is 9.99 Å². The highest BCUT2D eigenvalue weighted by molar-refractivity contribution is 5.99. The lowest BCUT2D eigenvalue weighted by molar-refractivity contribution is -0.466. The Bertz CT molecular complexity index is 624.